The zero-order valence-electron chi connectivity index (χ0n) is 13.3. The Morgan fingerprint density at radius 3 is 2.52 bits per heavy atom. The molecule has 0 saturated carbocycles. The van der Waals surface area contributed by atoms with Crippen LogP contribution in [0.4, 0.5) is 0 Å². The summed E-state index contributed by atoms with van der Waals surface area (Å²) in [7, 11) is 1.78. The SMILES string of the molecule is CC(C)NC(=O)CN(C)CC(=O)NCC1CCCNC1.Cl. The quantitative estimate of drug-likeness (QED) is 0.616. The smallest absolute Gasteiger partial charge is 0.234 e. The standard InChI is InChI=1S/C14H28N4O2.ClH/c1-11(2)17-14(20)10-18(3)9-13(19)16-8-12-5-4-6-15-7-12;/h11-12,15H,4-10H2,1-3H3,(H,16,19)(H,17,20);1H. The highest BCUT2D eigenvalue weighted by atomic mass is 35.5. The summed E-state index contributed by atoms with van der Waals surface area (Å²) in [6.07, 6.45) is 2.34. The average molecular weight is 321 g/mol. The molecule has 1 aliphatic heterocycles. The minimum absolute atomic E-state index is 0. The van der Waals surface area contributed by atoms with Gasteiger partial charge in [-0.15, -0.1) is 12.4 Å². The van der Waals surface area contributed by atoms with Crippen molar-refractivity contribution in [2.45, 2.75) is 32.7 Å². The summed E-state index contributed by atoms with van der Waals surface area (Å²) in [6.45, 7) is 7.12. The highest BCUT2D eigenvalue weighted by molar-refractivity contribution is 5.85. The van der Waals surface area contributed by atoms with Crippen molar-refractivity contribution in [3.63, 3.8) is 0 Å². The maximum Gasteiger partial charge on any atom is 0.234 e. The summed E-state index contributed by atoms with van der Waals surface area (Å²) in [6, 6.07) is 0.128. The molecule has 7 heteroatoms. The molecular formula is C14H29ClN4O2. The van der Waals surface area contributed by atoms with Crippen molar-refractivity contribution in [1.82, 2.24) is 20.9 Å². The molecule has 2 amide bonds. The topological polar surface area (TPSA) is 73.5 Å². The predicted octanol–water partition coefficient (Wildman–Crippen LogP) is -0.0196. The van der Waals surface area contributed by atoms with E-state index in [0.717, 1.165) is 19.6 Å². The molecule has 1 unspecified atom stereocenters. The molecule has 0 radical (unpaired) electrons. The van der Waals surface area contributed by atoms with Crippen LogP contribution in [0.5, 0.6) is 0 Å². The molecule has 1 atom stereocenters. The molecule has 0 spiro atoms. The van der Waals surface area contributed by atoms with E-state index >= 15 is 0 Å². The molecule has 1 rings (SSSR count). The van der Waals surface area contributed by atoms with Gasteiger partial charge < -0.3 is 16.0 Å². The van der Waals surface area contributed by atoms with Gasteiger partial charge in [0.15, 0.2) is 0 Å². The minimum Gasteiger partial charge on any atom is -0.355 e. The van der Waals surface area contributed by atoms with E-state index in [1.807, 2.05) is 13.8 Å². The highest BCUT2D eigenvalue weighted by Crippen LogP contribution is 2.07. The van der Waals surface area contributed by atoms with Gasteiger partial charge in [0, 0.05) is 12.6 Å². The van der Waals surface area contributed by atoms with Gasteiger partial charge in [-0.2, -0.15) is 0 Å². The van der Waals surface area contributed by atoms with Gasteiger partial charge in [0.2, 0.25) is 11.8 Å². The molecular weight excluding hydrogens is 292 g/mol. The largest absolute Gasteiger partial charge is 0.355 e. The summed E-state index contributed by atoms with van der Waals surface area (Å²) < 4.78 is 0. The Hall–Kier alpha value is -0.850. The highest BCUT2D eigenvalue weighted by Gasteiger charge is 2.15. The number of amides is 2. The van der Waals surface area contributed by atoms with Gasteiger partial charge in [0.1, 0.15) is 0 Å². The first-order valence-corrected chi connectivity index (χ1v) is 7.42. The van der Waals surface area contributed by atoms with Crippen molar-refractivity contribution >= 4 is 24.2 Å². The average Bonchev–Trinajstić information content (AvgIpc) is 2.36. The summed E-state index contributed by atoms with van der Waals surface area (Å²) in [5, 5.41) is 9.08. The number of nitrogens with one attached hydrogen (secondary N) is 3. The fourth-order valence-corrected chi connectivity index (χ4v) is 2.33. The monoisotopic (exact) mass is 320 g/mol. The number of rotatable bonds is 7. The number of hydrogen-bond acceptors (Lipinski definition) is 4. The van der Waals surface area contributed by atoms with Gasteiger partial charge in [0.25, 0.3) is 0 Å². The number of carbonyl (C=O) groups is 2. The first kappa shape index (κ1) is 20.1. The van der Waals surface area contributed by atoms with Gasteiger partial charge in [-0.1, -0.05) is 0 Å². The third-order valence-corrected chi connectivity index (χ3v) is 3.26. The van der Waals surface area contributed by atoms with Crippen LogP contribution in [-0.4, -0.2) is 62.5 Å². The number of carbonyl (C=O) groups excluding carboxylic acids is 2. The normalized spacial score (nSPS) is 18.2. The third kappa shape index (κ3) is 9.66. The van der Waals surface area contributed by atoms with E-state index in [-0.39, 0.29) is 43.4 Å². The second kappa shape index (κ2) is 10.8. The Morgan fingerprint density at radius 1 is 1.29 bits per heavy atom. The molecule has 0 aromatic carbocycles. The fraction of sp³-hybridized carbons (Fsp3) is 0.857. The van der Waals surface area contributed by atoms with E-state index in [9.17, 15) is 9.59 Å². The molecule has 1 fully saturated rings. The summed E-state index contributed by atoms with van der Waals surface area (Å²) in [5.41, 5.74) is 0. The second-order valence-electron chi connectivity index (χ2n) is 5.91. The van der Waals surface area contributed by atoms with Crippen LogP contribution in [-0.2, 0) is 9.59 Å². The van der Waals surface area contributed by atoms with E-state index in [2.05, 4.69) is 16.0 Å². The van der Waals surface area contributed by atoms with Gasteiger partial charge in [0.05, 0.1) is 13.1 Å². The molecule has 3 N–H and O–H groups in total. The zero-order valence-corrected chi connectivity index (χ0v) is 14.1. The van der Waals surface area contributed by atoms with Crippen LogP contribution in [0, 0.1) is 5.92 Å². The molecule has 1 aliphatic rings. The number of piperidine rings is 1. The van der Waals surface area contributed by atoms with Crippen LogP contribution in [0.15, 0.2) is 0 Å². The molecule has 0 aromatic heterocycles. The Morgan fingerprint density at radius 2 is 1.95 bits per heavy atom. The summed E-state index contributed by atoms with van der Waals surface area (Å²) >= 11 is 0. The van der Waals surface area contributed by atoms with Gasteiger partial charge >= 0.3 is 0 Å². The Balaban J connectivity index is 0.00000400. The maximum absolute atomic E-state index is 11.8. The van der Waals surface area contributed by atoms with Crippen LogP contribution < -0.4 is 16.0 Å². The maximum atomic E-state index is 11.8. The van der Waals surface area contributed by atoms with Crippen molar-refractivity contribution in [3.05, 3.63) is 0 Å². The summed E-state index contributed by atoms with van der Waals surface area (Å²) in [5.74, 6) is 0.462. The first-order valence-electron chi connectivity index (χ1n) is 7.42. The molecule has 0 aliphatic carbocycles. The Kier molecular flexibility index (Phi) is 10.4. The Bertz CT molecular complexity index is 320. The van der Waals surface area contributed by atoms with Crippen molar-refractivity contribution in [2.75, 3.05) is 39.8 Å². The Labute approximate surface area is 133 Å². The fourth-order valence-electron chi connectivity index (χ4n) is 2.33. The molecule has 0 aromatic rings. The number of likely N-dealkylation sites (N-methyl/N-ethyl adjacent to an activating group) is 1. The summed E-state index contributed by atoms with van der Waals surface area (Å²) in [4.78, 5) is 25.1. The van der Waals surface area contributed by atoms with E-state index in [0.29, 0.717) is 5.92 Å². The number of hydrogen-bond donors (Lipinski definition) is 3. The van der Waals surface area contributed by atoms with Crippen LogP contribution in [0.2, 0.25) is 0 Å². The lowest BCUT2D eigenvalue weighted by Gasteiger charge is -2.23. The van der Waals surface area contributed by atoms with Gasteiger partial charge in [-0.3, -0.25) is 14.5 Å². The minimum atomic E-state index is -0.0493. The van der Waals surface area contributed by atoms with Gasteiger partial charge in [-0.05, 0) is 52.7 Å². The van der Waals surface area contributed by atoms with Crippen molar-refractivity contribution in [2.24, 2.45) is 5.92 Å². The third-order valence-electron chi connectivity index (χ3n) is 3.26. The van der Waals surface area contributed by atoms with Gasteiger partial charge in [-0.25, -0.2) is 0 Å². The lowest BCUT2D eigenvalue weighted by Crippen LogP contribution is -2.44. The molecule has 21 heavy (non-hydrogen) atoms. The zero-order chi connectivity index (χ0) is 15.0. The van der Waals surface area contributed by atoms with Crippen molar-refractivity contribution < 1.29 is 9.59 Å². The lowest BCUT2D eigenvalue weighted by molar-refractivity contribution is -0.124. The lowest BCUT2D eigenvalue weighted by atomic mass is 10.00. The first-order chi connectivity index (χ1) is 9.47. The van der Waals surface area contributed by atoms with Crippen molar-refractivity contribution in [1.29, 1.82) is 0 Å². The van der Waals surface area contributed by atoms with E-state index in [1.54, 1.807) is 11.9 Å². The van der Waals surface area contributed by atoms with E-state index in [4.69, 9.17) is 0 Å². The molecule has 1 heterocycles. The van der Waals surface area contributed by atoms with E-state index < -0.39 is 0 Å². The number of halogens is 1. The van der Waals surface area contributed by atoms with Crippen LogP contribution in [0.1, 0.15) is 26.7 Å². The number of nitrogens with zero attached hydrogens (tertiary/aromatic N) is 1. The van der Waals surface area contributed by atoms with Crippen molar-refractivity contribution in [3.8, 4) is 0 Å². The van der Waals surface area contributed by atoms with Crippen LogP contribution in [0.3, 0.4) is 0 Å². The van der Waals surface area contributed by atoms with E-state index in [1.165, 1.54) is 12.8 Å². The second-order valence-corrected chi connectivity index (χ2v) is 5.91. The molecule has 6 nitrogen and oxygen atoms in total. The molecule has 0 bridgehead atoms. The predicted molar refractivity (Wildman–Crippen MR) is 86.6 cm³/mol. The van der Waals surface area contributed by atoms with Crippen LogP contribution >= 0.6 is 12.4 Å². The molecule has 124 valence electrons. The van der Waals surface area contributed by atoms with Crippen LogP contribution in [0.25, 0.3) is 0 Å². The molecule has 1 saturated heterocycles.